The van der Waals surface area contributed by atoms with Gasteiger partial charge in [0.25, 0.3) is 0 Å². The predicted molar refractivity (Wildman–Crippen MR) is 99.3 cm³/mol. The van der Waals surface area contributed by atoms with Gasteiger partial charge in [0.2, 0.25) is 0 Å². The highest BCUT2D eigenvalue weighted by molar-refractivity contribution is 9.09. The summed E-state index contributed by atoms with van der Waals surface area (Å²) in [6, 6.07) is 0. The second-order valence-electron chi connectivity index (χ2n) is 6.15. The van der Waals surface area contributed by atoms with Crippen LogP contribution >= 0.6 is 15.9 Å². The van der Waals surface area contributed by atoms with Crippen molar-refractivity contribution < 1.29 is 5.11 Å². The highest BCUT2D eigenvalue weighted by atomic mass is 79.9. The molecule has 0 aliphatic heterocycles. The third-order valence-electron chi connectivity index (χ3n) is 3.97. The molecule has 0 fully saturated rings. The van der Waals surface area contributed by atoms with E-state index < -0.39 is 0 Å². The van der Waals surface area contributed by atoms with Crippen molar-refractivity contribution in [2.45, 2.75) is 103 Å². The lowest BCUT2D eigenvalue weighted by Crippen LogP contribution is -2.01. The maximum Gasteiger partial charge on any atom is 0.0720 e. The summed E-state index contributed by atoms with van der Waals surface area (Å²) in [7, 11) is 0. The number of aliphatic hydroxyl groups is 1. The van der Waals surface area contributed by atoms with Crippen molar-refractivity contribution in [3.63, 3.8) is 0 Å². The first-order valence-corrected chi connectivity index (χ1v) is 10.3. The molecule has 2 heteroatoms. The summed E-state index contributed by atoms with van der Waals surface area (Å²) in [6.45, 7) is 2.20. The molecule has 0 spiro atoms. The number of alkyl halides is 1. The molecule has 0 aromatic heterocycles. The number of rotatable bonds is 16. The topological polar surface area (TPSA) is 20.2 Å². The molecule has 0 saturated heterocycles. The summed E-state index contributed by atoms with van der Waals surface area (Å²) in [5, 5.41) is 10.9. The standard InChI is InChI=1S/C19H37BrO/c1-2-3-13-16-19(21)17-14-11-9-7-5-4-6-8-10-12-15-18-20/h14,17,19,21H,2-13,15-16,18H2,1H3/b17-14-/t19-/m1/s1. The van der Waals surface area contributed by atoms with Gasteiger partial charge in [-0.25, -0.2) is 0 Å². The fourth-order valence-corrected chi connectivity index (χ4v) is 2.94. The molecule has 21 heavy (non-hydrogen) atoms. The van der Waals surface area contributed by atoms with E-state index >= 15 is 0 Å². The van der Waals surface area contributed by atoms with Crippen molar-refractivity contribution in [3.05, 3.63) is 12.2 Å². The zero-order chi connectivity index (χ0) is 15.6. The molecule has 0 amide bonds. The number of aliphatic hydroxyl groups excluding tert-OH is 1. The monoisotopic (exact) mass is 360 g/mol. The van der Waals surface area contributed by atoms with E-state index in [1.54, 1.807) is 0 Å². The maximum absolute atomic E-state index is 9.75. The van der Waals surface area contributed by atoms with Crippen LogP contribution in [0.5, 0.6) is 0 Å². The van der Waals surface area contributed by atoms with E-state index in [2.05, 4.69) is 28.9 Å². The first-order valence-electron chi connectivity index (χ1n) is 9.22. The average Bonchev–Trinajstić information content (AvgIpc) is 2.48. The van der Waals surface area contributed by atoms with Crippen LogP contribution in [0.2, 0.25) is 0 Å². The molecule has 0 aliphatic rings. The molecule has 0 unspecified atom stereocenters. The van der Waals surface area contributed by atoms with Crippen LogP contribution in [0.25, 0.3) is 0 Å². The van der Waals surface area contributed by atoms with Crippen molar-refractivity contribution in [2.24, 2.45) is 0 Å². The Morgan fingerprint density at radius 3 is 1.95 bits per heavy atom. The van der Waals surface area contributed by atoms with Crippen molar-refractivity contribution in [2.75, 3.05) is 5.33 Å². The van der Waals surface area contributed by atoms with Gasteiger partial charge in [-0.05, 0) is 25.7 Å². The Morgan fingerprint density at radius 1 is 0.810 bits per heavy atom. The fraction of sp³-hybridized carbons (Fsp3) is 0.895. The molecule has 0 radical (unpaired) electrons. The van der Waals surface area contributed by atoms with E-state index in [0.717, 1.165) is 24.6 Å². The summed E-state index contributed by atoms with van der Waals surface area (Å²) >= 11 is 3.48. The molecule has 0 rings (SSSR count). The minimum atomic E-state index is -0.212. The van der Waals surface area contributed by atoms with E-state index in [1.807, 2.05) is 6.08 Å². The Morgan fingerprint density at radius 2 is 1.38 bits per heavy atom. The summed E-state index contributed by atoms with van der Waals surface area (Å²) in [5.41, 5.74) is 0. The second-order valence-corrected chi connectivity index (χ2v) is 6.94. The molecule has 0 bridgehead atoms. The number of unbranched alkanes of at least 4 members (excludes halogenated alkanes) is 11. The lowest BCUT2D eigenvalue weighted by atomic mass is 10.1. The van der Waals surface area contributed by atoms with Crippen molar-refractivity contribution in [3.8, 4) is 0 Å². The van der Waals surface area contributed by atoms with Gasteiger partial charge in [-0.1, -0.05) is 99.2 Å². The van der Waals surface area contributed by atoms with Crippen LogP contribution in [-0.2, 0) is 0 Å². The van der Waals surface area contributed by atoms with Gasteiger partial charge in [0.15, 0.2) is 0 Å². The van der Waals surface area contributed by atoms with Crippen LogP contribution in [-0.4, -0.2) is 16.5 Å². The largest absolute Gasteiger partial charge is 0.389 e. The van der Waals surface area contributed by atoms with Crippen LogP contribution < -0.4 is 0 Å². The van der Waals surface area contributed by atoms with E-state index in [9.17, 15) is 5.11 Å². The Labute approximate surface area is 141 Å². The fourth-order valence-electron chi connectivity index (χ4n) is 2.55. The average molecular weight is 361 g/mol. The van der Waals surface area contributed by atoms with E-state index in [0.29, 0.717) is 0 Å². The van der Waals surface area contributed by atoms with Gasteiger partial charge in [0.1, 0.15) is 0 Å². The zero-order valence-electron chi connectivity index (χ0n) is 14.2. The van der Waals surface area contributed by atoms with Crippen LogP contribution in [0.4, 0.5) is 0 Å². The first-order chi connectivity index (χ1) is 10.3. The van der Waals surface area contributed by atoms with Crippen LogP contribution in [0, 0.1) is 0 Å². The summed E-state index contributed by atoms with van der Waals surface area (Å²) < 4.78 is 0. The summed E-state index contributed by atoms with van der Waals surface area (Å²) in [4.78, 5) is 0. The molecular weight excluding hydrogens is 324 g/mol. The normalized spacial score (nSPS) is 13.1. The number of halogens is 1. The molecule has 0 aromatic rings. The molecule has 0 saturated carbocycles. The quantitative estimate of drug-likeness (QED) is 0.182. The van der Waals surface area contributed by atoms with E-state index in [1.165, 1.54) is 70.6 Å². The number of hydrogen-bond acceptors (Lipinski definition) is 1. The Hall–Kier alpha value is 0.180. The predicted octanol–water partition coefficient (Wildman–Crippen LogP) is 6.78. The molecule has 0 heterocycles. The van der Waals surface area contributed by atoms with Crippen molar-refractivity contribution >= 4 is 15.9 Å². The van der Waals surface area contributed by atoms with Crippen molar-refractivity contribution in [1.82, 2.24) is 0 Å². The van der Waals surface area contributed by atoms with Crippen LogP contribution in [0.15, 0.2) is 12.2 Å². The smallest absolute Gasteiger partial charge is 0.0720 e. The van der Waals surface area contributed by atoms with Gasteiger partial charge in [0, 0.05) is 5.33 Å². The van der Waals surface area contributed by atoms with Gasteiger partial charge in [-0.3, -0.25) is 0 Å². The molecule has 126 valence electrons. The Balaban J connectivity index is 3.17. The maximum atomic E-state index is 9.75. The van der Waals surface area contributed by atoms with Gasteiger partial charge < -0.3 is 5.11 Å². The zero-order valence-corrected chi connectivity index (χ0v) is 15.7. The molecule has 0 aromatic carbocycles. The molecule has 1 N–H and O–H groups in total. The Kier molecular flexibility index (Phi) is 18.4. The molecule has 1 atom stereocenters. The highest BCUT2D eigenvalue weighted by Gasteiger charge is 1.97. The molecular formula is C19H37BrO. The van der Waals surface area contributed by atoms with Crippen LogP contribution in [0.3, 0.4) is 0 Å². The molecule has 0 aliphatic carbocycles. The lowest BCUT2D eigenvalue weighted by Gasteiger charge is -2.04. The van der Waals surface area contributed by atoms with E-state index in [-0.39, 0.29) is 6.10 Å². The molecule has 1 nitrogen and oxygen atoms in total. The third-order valence-corrected chi connectivity index (χ3v) is 4.53. The second kappa shape index (κ2) is 18.2. The van der Waals surface area contributed by atoms with E-state index in [4.69, 9.17) is 0 Å². The third kappa shape index (κ3) is 18.1. The van der Waals surface area contributed by atoms with Gasteiger partial charge in [0.05, 0.1) is 6.10 Å². The van der Waals surface area contributed by atoms with Crippen LogP contribution in [0.1, 0.15) is 96.8 Å². The summed E-state index contributed by atoms with van der Waals surface area (Å²) in [5.74, 6) is 0. The van der Waals surface area contributed by atoms with Gasteiger partial charge in [-0.2, -0.15) is 0 Å². The Bertz CT molecular complexity index is 216. The summed E-state index contributed by atoms with van der Waals surface area (Å²) in [6.07, 6.45) is 22.0. The van der Waals surface area contributed by atoms with Gasteiger partial charge >= 0.3 is 0 Å². The minimum Gasteiger partial charge on any atom is -0.389 e. The number of hydrogen-bond donors (Lipinski definition) is 1. The van der Waals surface area contributed by atoms with Crippen molar-refractivity contribution in [1.29, 1.82) is 0 Å². The number of allylic oxidation sites excluding steroid dienone is 1. The minimum absolute atomic E-state index is 0.212. The van der Waals surface area contributed by atoms with Gasteiger partial charge in [-0.15, -0.1) is 0 Å². The SMILES string of the molecule is CCCCC[C@@H](O)/C=C\CCCCCCCCCCCBr. The first kappa shape index (κ1) is 21.2. The highest BCUT2D eigenvalue weighted by Crippen LogP contribution is 2.11. The lowest BCUT2D eigenvalue weighted by molar-refractivity contribution is 0.208.